The lowest BCUT2D eigenvalue weighted by molar-refractivity contribution is -0.136. The Morgan fingerprint density at radius 3 is 2.83 bits per heavy atom. The minimum Gasteiger partial charge on any atom is -0.465 e. The van der Waals surface area contributed by atoms with Gasteiger partial charge in [-0.1, -0.05) is 0 Å². The largest absolute Gasteiger partial charge is 0.465 e. The molecule has 0 aliphatic carbocycles. The Balaban J connectivity index is 1.51. The van der Waals surface area contributed by atoms with Crippen molar-refractivity contribution in [3.63, 3.8) is 0 Å². The number of aryl methyl sites for hydroxylation is 1. The van der Waals surface area contributed by atoms with Crippen molar-refractivity contribution in [2.24, 2.45) is 5.92 Å². The summed E-state index contributed by atoms with van der Waals surface area (Å²) in [5.74, 6) is 2.63. The fraction of sp³-hybridized carbons (Fsp3) is 0.722. The van der Waals surface area contributed by atoms with Gasteiger partial charge in [0, 0.05) is 33.2 Å². The Kier molecular flexibility index (Phi) is 5.07. The van der Waals surface area contributed by atoms with Crippen molar-refractivity contribution >= 4 is 5.91 Å². The van der Waals surface area contributed by atoms with Crippen LogP contribution in [0.5, 0.6) is 0 Å². The zero-order valence-corrected chi connectivity index (χ0v) is 14.3. The van der Waals surface area contributed by atoms with Gasteiger partial charge in [0.05, 0.1) is 12.1 Å². The van der Waals surface area contributed by atoms with Crippen molar-refractivity contribution in [3.05, 3.63) is 23.7 Å². The lowest BCUT2D eigenvalue weighted by atomic mass is 9.78. The van der Waals surface area contributed by atoms with E-state index in [1.807, 2.05) is 13.0 Å². The van der Waals surface area contributed by atoms with Crippen LogP contribution in [0.25, 0.3) is 0 Å². The van der Waals surface area contributed by atoms with Gasteiger partial charge in [-0.15, -0.1) is 0 Å². The minimum absolute atomic E-state index is 0.00742. The highest BCUT2D eigenvalue weighted by Gasteiger charge is 2.40. The molecule has 2 fully saturated rings. The standard InChI is InChI=1S/C18H28N2O3/c1-14-3-4-16(23-14)13-20-8-6-18(7-9-20)12-15(5-10-22-18)11-17(21)19-2/h3-4,15H,5-13H2,1-2H3,(H,19,21). The molecule has 5 heteroatoms. The third-order valence-corrected chi connectivity index (χ3v) is 5.29. The number of carbonyl (C=O) groups excluding carboxylic acids is 1. The van der Waals surface area contributed by atoms with Gasteiger partial charge < -0.3 is 14.5 Å². The van der Waals surface area contributed by atoms with Gasteiger partial charge in [0.1, 0.15) is 11.5 Å². The van der Waals surface area contributed by atoms with Crippen LogP contribution < -0.4 is 5.32 Å². The molecule has 1 N–H and O–H groups in total. The Morgan fingerprint density at radius 2 is 2.17 bits per heavy atom. The number of piperidine rings is 1. The van der Waals surface area contributed by atoms with E-state index in [9.17, 15) is 4.79 Å². The average Bonchev–Trinajstić information content (AvgIpc) is 2.95. The van der Waals surface area contributed by atoms with Gasteiger partial charge in [-0.3, -0.25) is 9.69 Å². The summed E-state index contributed by atoms with van der Waals surface area (Å²) in [5.41, 5.74) is -0.00742. The molecule has 0 saturated carbocycles. The van der Waals surface area contributed by atoms with Crippen LogP contribution in [0.15, 0.2) is 16.5 Å². The second-order valence-electron chi connectivity index (χ2n) is 7.06. The summed E-state index contributed by atoms with van der Waals surface area (Å²) < 4.78 is 11.9. The average molecular weight is 320 g/mol. The van der Waals surface area contributed by atoms with Gasteiger partial charge in [0.15, 0.2) is 0 Å². The van der Waals surface area contributed by atoms with Crippen molar-refractivity contribution in [1.29, 1.82) is 0 Å². The first-order valence-electron chi connectivity index (χ1n) is 8.71. The number of nitrogens with zero attached hydrogens (tertiary/aromatic N) is 1. The topological polar surface area (TPSA) is 54.7 Å². The van der Waals surface area contributed by atoms with Crippen LogP contribution in [-0.2, 0) is 16.1 Å². The SMILES string of the molecule is CNC(=O)CC1CCOC2(CCN(Cc3ccc(C)o3)CC2)C1. The molecule has 3 heterocycles. The van der Waals surface area contributed by atoms with E-state index in [2.05, 4.69) is 16.3 Å². The van der Waals surface area contributed by atoms with Crippen molar-refractivity contribution < 1.29 is 13.9 Å². The molecule has 1 spiro atoms. The third kappa shape index (κ3) is 4.15. The Hall–Kier alpha value is -1.33. The Morgan fingerprint density at radius 1 is 1.39 bits per heavy atom. The number of nitrogens with one attached hydrogen (secondary N) is 1. The molecule has 1 amide bonds. The van der Waals surface area contributed by atoms with E-state index >= 15 is 0 Å². The number of amides is 1. The molecule has 23 heavy (non-hydrogen) atoms. The van der Waals surface area contributed by atoms with Crippen LogP contribution in [0.4, 0.5) is 0 Å². The molecule has 2 saturated heterocycles. The summed E-state index contributed by atoms with van der Waals surface area (Å²) in [4.78, 5) is 14.1. The maximum atomic E-state index is 11.6. The maximum Gasteiger partial charge on any atom is 0.220 e. The quantitative estimate of drug-likeness (QED) is 0.926. The first-order valence-corrected chi connectivity index (χ1v) is 8.71. The molecule has 1 aromatic rings. The van der Waals surface area contributed by atoms with Gasteiger partial charge >= 0.3 is 0 Å². The lowest BCUT2D eigenvalue weighted by Crippen LogP contribution is -2.49. The van der Waals surface area contributed by atoms with Crippen LogP contribution in [0.2, 0.25) is 0 Å². The Labute approximate surface area is 138 Å². The van der Waals surface area contributed by atoms with Gasteiger partial charge in [0.25, 0.3) is 0 Å². The molecule has 1 atom stereocenters. The summed E-state index contributed by atoms with van der Waals surface area (Å²) in [7, 11) is 1.71. The third-order valence-electron chi connectivity index (χ3n) is 5.29. The van der Waals surface area contributed by atoms with Crippen LogP contribution in [0.1, 0.15) is 43.6 Å². The fourth-order valence-electron chi connectivity index (χ4n) is 3.93. The summed E-state index contributed by atoms with van der Waals surface area (Å²) >= 11 is 0. The number of likely N-dealkylation sites (tertiary alicyclic amines) is 1. The molecular formula is C18H28N2O3. The number of ether oxygens (including phenoxy) is 1. The number of rotatable bonds is 4. The van der Waals surface area contributed by atoms with Crippen molar-refractivity contribution in [3.8, 4) is 0 Å². The summed E-state index contributed by atoms with van der Waals surface area (Å²) in [6.45, 7) is 5.72. The number of furan rings is 1. The van der Waals surface area contributed by atoms with E-state index in [-0.39, 0.29) is 11.5 Å². The molecule has 1 unspecified atom stereocenters. The predicted molar refractivity (Wildman–Crippen MR) is 88.0 cm³/mol. The normalized spacial score (nSPS) is 24.7. The van der Waals surface area contributed by atoms with E-state index in [0.29, 0.717) is 12.3 Å². The molecule has 2 aliphatic heterocycles. The zero-order chi connectivity index (χ0) is 16.3. The summed E-state index contributed by atoms with van der Waals surface area (Å²) in [6, 6.07) is 4.09. The van der Waals surface area contributed by atoms with Crippen LogP contribution in [-0.4, -0.2) is 43.2 Å². The molecule has 3 rings (SSSR count). The van der Waals surface area contributed by atoms with Crippen LogP contribution in [0, 0.1) is 12.8 Å². The monoisotopic (exact) mass is 320 g/mol. The highest BCUT2D eigenvalue weighted by molar-refractivity contribution is 5.75. The van der Waals surface area contributed by atoms with Crippen molar-refractivity contribution in [2.45, 2.75) is 51.2 Å². The van der Waals surface area contributed by atoms with Crippen molar-refractivity contribution in [2.75, 3.05) is 26.7 Å². The number of hydrogen-bond donors (Lipinski definition) is 1. The molecule has 2 aliphatic rings. The lowest BCUT2D eigenvalue weighted by Gasteiger charge is -2.46. The maximum absolute atomic E-state index is 11.6. The zero-order valence-electron chi connectivity index (χ0n) is 14.3. The molecule has 0 radical (unpaired) electrons. The van der Waals surface area contributed by atoms with E-state index in [4.69, 9.17) is 9.15 Å². The smallest absolute Gasteiger partial charge is 0.220 e. The predicted octanol–water partition coefficient (Wildman–Crippen LogP) is 2.49. The van der Waals surface area contributed by atoms with Crippen LogP contribution in [0.3, 0.4) is 0 Å². The van der Waals surface area contributed by atoms with E-state index in [1.54, 1.807) is 7.05 Å². The molecule has 128 valence electrons. The van der Waals surface area contributed by atoms with Gasteiger partial charge in [-0.05, 0) is 50.7 Å². The van der Waals surface area contributed by atoms with E-state index < -0.39 is 0 Å². The minimum atomic E-state index is -0.00742. The second-order valence-corrected chi connectivity index (χ2v) is 7.06. The molecule has 0 aromatic carbocycles. The van der Waals surface area contributed by atoms with E-state index in [0.717, 1.165) is 63.4 Å². The molecule has 1 aromatic heterocycles. The fourth-order valence-corrected chi connectivity index (χ4v) is 3.93. The highest BCUT2D eigenvalue weighted by Crippen LogP contribution is 2.39. The van der Waals surface area contributed by atoms with Crippen molar-refractivity contribution in [1.82, 2.24) is 10.2 Å². The number of carbonyl (C=O) groups is 1. The summed E-state index contributed by atoms with van der Waals surface area (Å²) in [5, 5.41) is 2.74. The highest BCUT2D eigenvalue weighted by atomic mass is 16.5. The second kappa shape index (κ2) is 7.05. The first-order chi connectivity index (χ1) is 11.1. The summed E-state index contributed by atoms with van der Waals surface area (Å²) in [6.07, 6.45) is 4.77. The molecule has 0 bridgehead atoms. The van der Waals surface area contributed by atoms with Gasteiger partial charge in [-0.25, -0.2) is 0 Å². The molecule has 5 nitrogen and oxygen atoms in total. The van der Waals surface area contributed by atoms with Crippen LogP contribution >= 0.6 is 0 Å². The number of hydrogen-bond acceptors (Lipinski definition) is 4. The van der Waals surface area contributed by atoms with Gasteiger partial charge in [-0.2, -0.15) is 0 Å². The van der Waals surface area contributed by atoms with Gasteiger partial charge in [0.2, 0.25) is 5.91 Å². The van der Waals surface area contributed by atoms with E-state index in [1.165, 1.54) is 0 Å². The first kappa shape index (κ1) is 16.5. The Bertz CT molecular complexity index is 532. The molecular weight excluding hydrogens is 292 g/mol.